The molecule has 3 heteroatoms. The Morgan fingerprint density at radius 1 is 1.05 bits per heavy atom. The van der Waals surface area contributed by atoms with Crippen molar-refractivity contribution in [2.75, 3.05) is 5.73 Å². The van der Waals surface area contributed by atoms with Gasteiger partial charge in [0, 0.05) is 12.7 Å². The van der Waals surface area contributed by atoms with Gasteiger partial charge in [-0.2, -0.15) is 0 Å². The molecule has 0 unspecified atom stereocenters. The van der Waals surface area contributed by atoms with Crippen molar-refractivity contribution in [1.29, 1.82) is 0 Å². The number of fused-ring (bicyclic) bond motifs is 1. The molecule has 0 atom stereocenters. The van der Waals surface area contributed by atoms with Crippen LogP contribution in [0.3, 0.4) is 0 Å². The predicted molar refractivity (Wildman–Crippen MR) is 79.1 cm³/mol. The topological polar surface area (TPSA) is 43.8 Å². The van der Waals surface area contributed by atoms with Gasteiger partial charge in [0.05, 0.1) is 11.0 Å². The molecular weight excluding hydrogens is 234 g/mol. The molecule has 0 saturated carbocycles. The molecule has 2 N–H and O–H groups in total. The van der Waals surface area contributed by atoms with Gasteiger partial charge in [-0.3, -0.25) is 0 Å². The first-order chi connectivity index (χ1) is 9.13. The van der Waals surface area contributed by atoms with Gasteiger partial charge in [-0.25, -0.2) is 4.98 Å². The van der Waals surface area contributed by atoms with E-state index in [2.05, 4.69) is 39.9 Å². The van der Waals surface area contributed by atoms with E-state index in [1.165, 1.54) is 16.6 Å². The molecular formula is C16H17N3. The van der Waals surface area contributed by atoms with Gasteiger partial charge in [0.25, 0.3) is 0 Å². The molecule has 0 bridgehead atoms. The highest BCUT2D eigenvalue weighted by molar-refractivity contribution is 5.76. The average molecular weight is 251 g/mol. The van der Waals surface area contributed by atoms with Crippen LogP contribution >= 0.6 is 0 Å². The van der Waals surface area contributed by atoms with Crippen molar-refractivity contribution in [3.8, 4) is 0 Å². The number of anilines is 1. The Kier molecular flexibility index (Phi) is 2.75. The fourth-order valence-corrected chi connectivity index (χ4v) is 2.35. The number of hydrogen-bond acceptors (Lipinski definition) is 2. The SMILES string of the molecule is Cc1nc2cc(Cc3ccc(N)cc3)ccc2n1C. The molecule has 1 heterocycles. The Morgan fingerprint density at radius 2 is 1.74 bits per heavy atom. The molecule has 0 saturated heterocycles. The Labute approximate surface area is 112 Å². The molecule has 0 amide bonds. The minimum atomic E-state index is 0.805. The molecule has 3 rings (SSSR count). The second kappa shape index (κ2) is 4.43. The number of hydrogen-bond donors (Lipinski definition) is 1. The standard InChI is InChI=1S/C16H17N3/c1-11-18-15-10-13(5-8-16(15)19(11)2)9-12-3-6-14(17)7-4-12/h3-8,10H,9,17H2,1-2H3. The lowest BCUT2D eigenvalue weighted by Gasteiger charge is -2.03. The second-order valence-electron chi connectivity index (χ2n) is 4.96. The van der Waals surface area contributed by atoms with E-state index < -0.39 is 0 Å². The van der Waals surface area contributed by atoms with Crippen molar-refractivity contribution in [3.63, 3.8) is 0 Å². The first-order valence-corrected chi connectivity index (χ1v) is 6.40. The van der Waals surface area contributed by atoms with E-state index in [4.69, 9.17) is 5.73 Å². The lowest BCUT2D eigenvalue weighted by atomic mass is 10.0. The van der Waals surface area contributed by atoms with E-state index in [9.17, 15) is 0 Å². The molecule has 2 aromatic carbocycles. The third-order valence-corrected chi connectivity index (χ3v) is 3.56. The van der Waals surface area contributed by atoms with Crippen LogP contribution in [0.2, 0.25) is 0 Å². The number of rotatable bonds is 2. The van der Waals surface area contributed by atoms with Gasteiger partial charge in [-0.05, 0) is 48.7 Å². The average Bonchev–Trinajstić information content (AvgIpc) is 2.68. The van der Waals surface area contributed by atoms with Gasteiger partial charge in [0.2, 0.25) is 0 Å². The van der Waals surface area contributed by atoms with Crippen LogP contribution in [-0.4, -0.2) is 9.55 Å². The number of aryl methyl sites for hydroxylation is 2. The summed E-state index contributed by atoms with van der Waals surface area (Å²) >= 11 is 0. The molecule has 0 radical (unpaired) electrons. The van der Waals surface area contributed by atoms with Crippen LogP contribution in [0, 0.1) is 6.92 Å². The Morgan fingerprint density at radius 3 is 2.47 bits per heavy atom. The molecule has 1 aromatic heterocycles. The van der Waals surface area contributed by atoms with Crippen molar-refractivity contribution >= 4 is 16.7 Å². The maximum Gasteiger partial charge on any atom is 0.106 e. The number of imidazole rings is 1. The quantitative estimate of drug-likeness (QED) is 0.711. The van der Waals surface area contributed by atoms with Crippen molar-refractivity contribution in [2.45, 2.75) is 13.3 Å². The van der Waals surface area contributed by atoms with Crippen LogP contribution in [-0.2, 0) is 13.5 Å². The van der Waals surface area contributed by atoms with Crippen molar-refractivity contribution < 1.29 is 0 Å². The number of aromatic nitrogens is 2. The van der Waals surface area contributed by atoms with E-state index in [0.29, 0.717) is 0 Å². The van der Waals surface area contributed by atoms with Crippen LogP contribution in [0.15, 0.2) is 42.5 Å². The van der Waals surface area contributed by atoms with Crippen molar-refractivity contribution in [2.24, 2.45) is 7.05 Å². The summed E-state index contributed by atoms with van der Waals surface area (Å²) < 4.78 is 2.11. The minimum Gasteiger partial charge on any atom is -0.399 e. The zero-order chi connectivity index (χ0) is 13.4. The van der Waals surface area contributed by atoms with Crippen LogP contribution in [0.1, 0.15) is 17.0 Å². The van der Waals surface area contributed by atoms with E-state index in [1.54, 1.807) is 0 Å². The summed E-state index contributed by atoms with van der Waals surface area (Å²) in [5, 5.41) is 0. The van der Waals surface area contributed by atoms with E-state index in [1.807, 2.05) is 26.1 Å². The molecule has 0 spiro atoms. The van der Waals surface area contributed by atoms with Gasteiger partial charge in [-0.15, -0.1) is 0 Å². The summed E-state index contributed by atoms with van der Waals surface area (Å²) in [5.74, 6) is 1.04. The lowest BCUT2D eigenvalue weighted by molar-refractivity contribution is 0.886. The highest BCUT2D eigenvalue weighted by atomic mass is 15.0. The van der Waals surface area contributed by atoms with Gasteiger partial charge in [-0.1, -0.05) is 18.2 Å². The van der Waals surface area contributed by atoms with E-state index in [-0.39, 0.29) is 0 Å². The molecule has 3 nitrogen and oxygen atoms in total. The van der Waals surface area contributed by atoms with Crippen molar-refractivity contribution in [3.05, 3.63) is 59.4 Å². The minimum absolute atomic E-state index is 0.805. The third kappa shape index (κ3) is 2.19. The van der Waals surface area contributed by atoms with Crippen LogP contribution < -0.4 is 5.73 Å². The largest absolute Gasteiger partial charge is 0.399 e. The zero-order valence-electron chi connectivity index (χ0n) is 11.2. The normalized spacial score (nSPS) is 11.1. The summed E-state index contributed by atoms with van der Waals surface area (Å²) in [7, 11) is 2.05. The van der Waals surface area contributed by atoms with E-state index in [0.717, 1.165) is 23.4 Å². The van der Waals surface area contributed by atoms with Gasteiger partial charge >= 0.3 is 0 Å². The maximum atomic E-state index is 5.70. The molecule has 0 aliphatic heterocycles. The number of benzene rings is 2. The third-order valence-electron chi connectivity index (χ3n) is 3.56. The summed E-state index contributed by atoms with van der Waals surface area (Å²) in [6, 6.07) is 14.5. The predicted octanol–water partition coefficient (Wildman–Crippen LogP) is 3.05. The van der Waals surface area contributed by atoms with Crippen LogP contribution in [0.4, 0.5) is 5.69 Å². The summed E-state index contributed by atoms with van der Waals surface area (Å²) in [4.78, 5) is 4.57. The van der Waals surface area contributed by atoms with Crippen molar-refractivity contribution in [1.82, 2.24) is 9.55 Å². The molecule has 19 heavy (non-hydrogen) atoms. The number of nitrogens with two attached hydrogens (primary N) is 1. The monoisotopic (exact) mass is 251 g/mol. The first-order valence-electron chi connectivity index (χ1n) is 6.40. The van der Waals surface area contributed by atoms with Crippen LogP contribution in [0.25, 0.3) is 11.0 Å². The van der Waals surface area contributed by atoms with Gasteiger partial charge in [0.15, 0.2) is 0 Å². The Bertz CT molecular complexity index is 724. The lowest BCUT2D eigenvalue weighted by Crippen LogP contribution is -1.91. The van der Waals surface area contributed by atoms with Crippen LogP contribution in [0.5, 0.6) is 0 Å². The highest BCUT2D eigenvalue weighted by Gasteiger charge is 2.05. The maximum absolute atomic E-state index is 5.70. The molecule has 0 fully saturated rings. The fourth-order valence-electron chi connectivity index (χ4n) is 2.35. The first kappa shape index (κ1) is 11.8. The number of nitrogens with zero attached hydrogens (tertiary/aromatic N) is 2. The second-order valence-corrected chi connectivity index (χ2v) is 4.96. The molecule has 0 aliphatic carbocycles. The highest BCUT2D eigenvalue weighted by Crippen LogP contribution is 2.19. The summed E-state index contributed by atoms with van der Waals surface area (Å²) in [5.41, 5.74) is 11.3. The van der Waals surface area contributed by atoms with Gasteiger partial charge < -0.3 is 10.3 Å². The molecule has 96 valence electrons. The molecule has 0 aliphatic rings. The zero-order valence-corrected chi connectivity index (χ0v) is 11.2. The van der Waals surface area contributed by atoms with Gasteiger partial charge in [0.1, 0.15) is 5.82 Å². The smallest absolute Gasteiger partial charge is 0.106 e. The Balaban J connectivity index is 1.95. The fraction of sp³-hybridized carbons (Fsp3) is 0.188. The van der Waals surface area contributed by atoms with E-state index >= 15 is 0 Å². The number of nitrogen functional groups attached to an aromatic ring is 1. The Hall–Kier alpha value is -2.29. The summed E-state index contributed by atoms with van der Waals surface area (Å²) in [6.07, 6.45) is 0.909. The molecule has 3 aromatic rings. The summed E-state index contributed by atoms with van der Waals surface area (Å²) in [6.45, 7) is 2.03.